The minimum Gasteiger partial charge on any atom is -0.343 e. The molecule has 1 unspecified atom stereocenters. The van der Waals surface area contributed by atoms with E-state index < -0.39 is 36.1 Å². The van der Waals surface area contributed by atoms with Gasteiger partial charge in [0.25, 0.3) is 11.8 Å². The standard InChI is InChI=1S/C21H18F3N3O3/c22-21(23,24)13-25-19(30)20-11-10-17(28)27(20)16-9-5-4-8-15(16)18(29)26(20)12-14-6-2-1-3-7-14/h1-9H,10-13H2,(H,25,30). The second-order valence-corrected chi connectivity index (χ2v) is 7.24. The molecular formula is C21H18F3N3O3. The Labute approximate surface area is 170 Å². The van der Waals surface area contributed by atoms with Crippen LogP contribution in [0.25, 0.3) is 0 Å². The molecule has 3 amide bonds. The molecule has 0 aliphatic carbocycles. The van der Waals surface area contributed by atoms with Gasteiger partial charge in [-0.3, -0.25) is 19.3 Å². The highest BCUT2D eigenvalue weighted by Crippen LogP contribution is 2.45. The maximum Gasteiger partial charge on any atom is 0.405 e. The fraction of sp³-hybridized carbons (Fsp3) is 0.286. The quantitative estimate of drug-likeness (QED) is 0.832. The molecule has 2 heterocycles. The van der Waals surface area contributed by atoms with Gasteiger partial charge in [-0.1, -0.05) is 42.5 Å². The van der Waals surface area contributed by atoms with E-state index in [-0.39, 0.29) is 30.6 Å². The number of anilines is 1. The lowest BCUT2D eigenvalue weighted by molar-refractivity contribution is -0.146. The zero-order chi connectivity index (χ0) is 21.5. The summed E-state index contributed by atoms with van der Waals surface area (Å²) in [6.07, 6.45) is -4.78. The summed E-state index contributed by atoms with van der Waals surface area (Å²) >= 11 is 0. The average Bonchev–Trinajstić information content (AvgIpc) is 3.08. The first-order chi connectivity index (χ1) is 14.2. The monoisotopic (exact) mass is 417 g/mol. The molecule has 30 heavy (non-hydrogen) atoms. The van der Waals surface area contributed by atoms with Crippen molar-refractivity contribution in [2.24, 2.45) is 0 Å². The number of amides is 3. The van der Waals surface area contributed by atoms with Crippen LogP contribution < -0.4 is 10.2 Å². The van der Waals surface area contributed by atoms with Crippen LogP contribution in [0, 0.1) is 0 Å². The molecule has 0 spiro atoms. The lowest BCUT2D eigenvalue weighted by atomic mass is 9.94. The Bertz CT molecular complexity index is 1010. The number of benzene rings is 2. The van der Waals surface area contributed by atoms with Crippen molar-refractivity contribution in [2.45, 2.75) is 31.2 Å². The van der Waals surface area contributed by atoms with E-state index in [1.54, 1.807) is 48.5 Å². The summed E-state index contributed by atoms with van der Waals surface area (Å²) in [7, 11) is 0. The number of alkyl halides is 3. The largest absolute Gasteiger partial charge is 0.405 e. The minimum absolute atomic E-state index is 0.0305. The van der Waals surface area contributed by atoms with Crippen LogP contribution in [-0.4, -0.2) is 41.0 Å². The Kier molecular flexibility index (Phi) is 4.76. The van der Waals surface area contributed by atoms with E-state index in [1.807, 2.05) is 5.32 Å². The molecule has 0 aromatic heterocycles. The van der Waals surface area contributed by atoms with Gasteiger partial charge in [-0.2, -0.15) is 13.2 Å². The molecular weight excluding hydrogens is 399 g/mol. The first-order valence-electron chi connectivity index (χ1n) is 9.37. The van der Waals surface area contributed by atoms with Gasteiger partial charge in [0.2, 0.25) is 11.6 Å². The van der Waals surface area contributed by atoms with Gasteiger partial charge < -0.3 is 10.2 Å². The average molecular weight is 417 g/mol. The maximum absolute atomic E-state index is 13.4. The molecule has 2 aliphatic heterocycles. The Balaban J connectivity index is 1.84. The van der Waals surface area contributed by atoms with E-state index in [2.05, 4.69) is 0 Å². The van der Waals surface area contributed by atoms with Gasteiger partial charge in [-0.15, -0.1) is 0 Å². The highest BCUT2D eigenvalue weighted by Gasteiger charge is 2.61. The van der Waals surface area contributed by atoms with Crippen LogP contribution in [0.5, 0.6) is 0 Å². The van der Waals surface area contributed by atoms with Gasteiger partial charge in [0, 0.05) is 19.4 Å². The number of rotatable bonds is 4. The van der Waals surface area contributed by atoms with Crippen LogP contribution in [0.4, 0.5) is 18.9 Å². The number of fused-ring (bicyclic) bond motifs is 3. The van der Waals surface area contributed by atoms with Crippen LogP contribution in [0.2, 0.25) is 0 Å². The van der Waals surface area contributed by atoms with Crippen molar-refractivity contribution in [3.05, 3.63) is 65.7 Å². The van der Waals surface area contributed by atoms with Crippen molar-refractivity contribution < 1.29 is 27.6 Å². The van der Waals surface area contributed by atoms with E-state index in [4.69, 9.17) is 0 Å². The molecule has 1 saturated heterocycles. The number of nitrogens with zero attached hydrogens (tertiary/aromatic N) is 2. The van der Waals surface area contributed by atoms with Crippen molar-refractivity contribution in [2.75, 3.05) is 11.4 Å². The molecule has 6 nitrogen and oxygen atoms in total. The molecule has 1 N–H and O–H groups in total. The third kappa shape index (κ3) is 3.20. The van der Waals surface area contributed by atoms with Crippen molar-refractivity contribution in [3.8, 4) is 0 Å². The summed E-state index contributed by atoms with van der Waals surface area (Å²) < 4.78 is 38.4. The molecule has 1 fully saturated rings. The van der Waals surface area contributed by atoms with Gasteiger partial charge in [-0.05, 0) is 17.7 Å². The van der Waals surface area contributed by atoms with Crippen molar-refractivity contribution in [1.82, 2.24) is 10.2 Å². The molecule has 2 aromatic carbocycles. The van der Waals surface area contributed by atoms with Crippen LogP contribution in [-0.2, 0) is 16.1 Å². The molecule has 2 aliphatic rings. The van der Waals surface area contributed by atoms with Crippen molar-refractivity contribution >= 4 is 23.4 Å². The van der Waals surface area contributed by atoms with E-state index in [0.717, 1.165) is 0 Å². The molecule has 0 radical (unpaired) electrons. The highest BCUT2D eigenvalue weighted by molar-refractivity contribution is 6.16. The zero-order valence-corrected chi connectivity index (χ0v) is 15.8. The summed E-state index contributed by atoms with van der Waals surface area (Å²) in [5.74, 6) is -1.96. The predicted octanol–water partition coefficient (Wildman–Crippen LogP) is 2.84. The highest BCUT2D eigenvalue weighted by atomic mass is 19.4. The molecule has 156 valence electrons. The van der Waals surface area contributed by atoms with Crippen LogP contribution >= 0.6 is 0 Å². The Morgan fingerprint density at radius 3 is 2.40 bits per heavy atom. The Hall–Kier alpha value is -3.36. The first-order valence-corrected chi connectivity index (χ1v) is 9.37. The Morgan fingerprint density at radius 1 is 1.03 bits per heavy atom. The predicted molar refractivity (Wildman–Crippen MR) is 101 cm³/mol. The number of nitrogens with one attached hydrogen (secondary N) is 1. The van der Waals surface area contributed by atoms with Crippen molar-refractivity contribution in [1.29, 1.82) is 0 Å². The Morgan fingerprint density at radius 2 is 1.70 bits per heavy atom. The van der Waals surface area contributed by atoms with E-state index in [9.17, 15) is 27.6 Å². The third-order valence-electron chi connectivity index (χ3n) is 5.37. The second-order valence-electron chi connectivity index (χ2n) is 7.24. The smallest absolute Gasteiger partial charge is 0.343 e. The maximum atomic E-state index is 13.4. The van der Waals surface area contributed by atoms with Gasteiger partial charge in [0.05, 0.1) is 11.3 Å². The summed E-state index contributed by atoms with van der Waals surface area (Å²) in [6.45, 7) is -1.58. The normalized spacial score (nSPS) is 20.8. The van der Waals surface area contributed by atoms with Crippen LogP contribution in [0.15, 0.2) is 54.6 Å². The summed E-state index contributed by atoms with van der Waals surface area (Å²) in [5, 5.41) is 1.89. The van der Waals surface area contributed by atoms with Gasteiger partial charge in [0.1, 0.15) is 6.54 Å². The SMILES string of the molecule is O=C1c2ccccc2N2C(=O)CCC2(C(=O)NCC(F)(F)F)N1Cc1ccccc1. The number of carbonyl (C=O) groups is 3. The van der Waals surface area contributed by atoms with Gasteiger partial charge in [-0.25, -0.2) is 0 Å². The molecule has 1 atom stereocenters. The van der Waals surface area contributed by atoms with Crippen LogP contribution in [0.3, 0.4) is 0 Å². The van der Waals surface area contributed by atoms with Crippen LogP contribution in [0.1, 0.15) is 28.8 Å². The fourth-order valence-corrected chi connectivity index (χ4v) is 4.09. The number of hydrogen-bond donors (Lipinski definition) is 1. The lowest BCUT2D eigenvalue weighted by Gasteiger charge is -2.49. The third-order valence-corrected chi connectivity index (χ3v) is 5.37. The summed E-state index contributed by atoms with van der Waals surface area (Å²) in [6, 6.07) is 15.1. The van der Waals surface area contributed by atoms with Crippen molar-refractivity contribution in [3.63, 3.8) is 0 Å². The number of hydrogen-bond acceptors (Lipinski definition) is 3. The second kappa shape index (κ2) is 7.16. The number of carbonyl (C=O) groups excluding carboxylic acids is 3. The lowest BCUT2D eigenvalue weighted by Crippen LogP contribution is -2.70. The number of halogens is 3. The summed E-state index contributed by atoms with van der Waals surface area (Å²) in [5.41, 5.74) is -0.712. The van der Waals surface area contributed by atoms with E-state index in [1.165, 1.54) is 15.9 Å². The molecule has 2 aromatic rings. The van der Waals surface area contributed by atoms with E-state index in [0.29, 0.717) is 5.56 Å². The molecule has 0 saturated carbocycles. The van der Waals surface area contributed by atoms with Gasteiger partial charge in [0.15, 0.2) is 0 Å². The minimum atomic E-state index is -4.62. The van der Waals surface area contributed by atoms with Gasteiger partial charge >= 0.3 is 6.18 Å². The first kappa shape index (κ1) is 19.9. The summed E-state index contributed by atoms with van der Waals surface area (Å²) in [4.78, 5) is 41.7. The van der Waals surface area contributed by atoms with E-state index >= 15 is 0 Å². The molecule has 0 bridgehead atoms. The topological polar surface area (TPSA) is 69.7 Å². The zero-order valence-electron chi connectivity index (χ0n) is 15.8. The molecule has 9 heteroatoms. The number of para-hydroxylation sites is 1. The fourth-order valence-electron chi connectivity index (χ4n) is 4.09. The molecule has 4 rings (SSSR count).